The Morgan fingerprint density at radius 1 is 1.11 bits per heavy atom. The molecule has 0 bridgehead atoms. The molecule has 0 N–H and O–H groups in total. The largest absolute Gasteiger partial charge is 0.488 e. The normalized spacial score (nSPS) is 15.3. The topological polar surface area (TPSA) is 94.8 Å². The quantitative estimate of drug-likeness (QED) is 0.600. The lowest BCUT2D eigenvalue weighted by Crippen LogP contribution is -2.55. The van der Waals surface area contributed by atoms with E-state index in [4.69, 9.17) is 14.0 Å². The average molecular weight is 401 g/mol. The van der Waals surface area contributed by atoms with Gasteiger partial charge in [-0.25, -0.2) is 8.42 Å². The molecule has 8 nitrogen and oxygen atoms in total. The summed E-state index contributed by atoms with van der Waals surface area (Å²) in [6.45, 7) is 0.909. The zero-order valence-electron chi connectivity index (χ0n) is 15.2. The molecule has 0 radical (unpaired) electrons. The van der Waals surface area contributed by atoms with Crippen molar-refractivity contribution in [3.8, 4) is 17.1 Å². The van der Waals surface area contributed by atoms with Crippen LogP contribution >= 0.6 is 0 Å². The van der Waals surface area contributed by atoms with Gasteiger partial charge in [-0.1, -0.05) is 23.4 Å². The van der Waals surface area contributed by atoms with Crippen molar-refractivity contribution in [2.24, 2.45) is 0 Å². The Morgan fingerprint density at radius 3 is 2.50 bits per heavy atom. The number of aromatic nitrogens is 2. The van der Waals surface area contributed by atoms with Crippen molar-refractivity contribution >= 4 is 10.0 Å². The third-order valence-corrected chi connectivity index (χ3v) is 6.19. The van der Waals surface area contributed by atoms with Gasteiger partial charge in [0.25, 0.3) is 5.89 Å². The molecule has 3 aromatic rings. The van der Waals surface area contributed by atoms with Gasteiger partial charge in [0.15, 0.2) is 0 Å². The Bertz CT molecular complexity index is 1030. The number of methoxy groups -OCH3 is 1. The molecule has 4 rings (SSSR count). The molecule has 0 saturated carbocycles. The average Bonchev–Trinajstić information content (AvgIpc) is 3.14. The monoisotopic (exact) mass is 401 g/mol. The number of nitrogens with zero attached hydrogens (tertiary/aromatic N) is 3. The van der Waals surface area contributed by atoms with Crippen LogP contribution < -0.4 is 4.74 Å². The van der Waals surface area contributed by atoms with E-state index in [0.29, 0.717) is 35.4 Å². The molecule has 1 saturated heterocycles. The SMILES string of the molecule is COCc1nc(-c2ccc(OC3CN(S(=O)(=O)c4ccccc4)C3)cc2)no1. The summed E-state index contributed by atoms with van der Waals surface area (Å²) in [5.74, 6) is 1.54. The van der Waals surface area contributed by atoms with Crippen LogP contribution in [0.25, 0.3) is 11.4 Å². The highest BCUT2D eigenvalue weighted by atomic mass is 32.2. The highest BCUT2D eigenvalue weighted by molar-refractivity contribution is 7.89. The summed E-state index contributed by atoms with van der Waals surface area (Å²) >= 11 is 0. The zero-order chi connectivity index (χ0) is 19.6. The minimum Gasteiger partial charge on any atom is -0.488 e. The molecule has 146 valence electrons. The number of sulfonamides is 1. The third-order valence-electron chi connectivity index (χ3n) is 4.35. The number of hydrogen-bond donors (Lipinski definition) is 0. The lowest BCUT2D eigenvalue weighted by atomic mass is 10.2. The van der Waals surface area contributed by atoms with Crippen LogP contribution in [0.4, 0.5) is 0 Å². The molecule has 1 aliphatic rings. The molecule has 0 atom stereocenters. The third kappa shape index (κ3) is 3.77. The summed E-state index contributed by atoms with van der Waals surface area (Å²) in [6.07, 6.45) is -0.178. The van der Waals surface area contributed by atoms with E-state index in [2.05, 4.69) is 10.1 Å². The van der Waals surface area contributed by atoms with Crippen LogP contribution in [0.2, 0.25) is 0 Å². The molecule has 2 aromatic carbocycles. The maximum atomic E-state index is 12.5. The summed E-state index contributed by atoms with van der Waals surface area (Å²) in [4.78, 5) is 4.53. The first-order valence-corrected chi connectivity index (χ1v) is 10.1. The molecule has 0 amide bonds. The summed E-state index contributed by atoms with van der Waals surface area (Å²) < 4.78 is 42.3. The van der Waals surface area contributed by atoms with Gasteiger partial charge < -0.3 is 14.0 Å². The predicted octanol–water partition coefficient (Wildman–Crippen LogP) is 2.33. The van der Waals surface area contributed by atoms with Crippen LogP contribution in [0.3, 0.4) is 0 Å². The second-order valence-corrected chi connectivity index (χ2v) is 8.28. The molecule has 28 heavy (non-hydrogen) atoms. The Morgan fingerprint density at radius 2 is 1.82 bits per heavy atom. The van der Waals surface area contributed by atoms with Gasteiger partial charge in [-0.15, -0.1) is 0 Å². The first-order valence-electron chi connectivity index (χ1n) is 8.70. The zero-order valence-corrected chi connectivity index (χ0v) is 16.0. The fourth-order valence-corrected chi connectivity index (χ4v) is 4.37. The van der Waals surface area contributed by atoms with Gasteiger partial charge in [-0.05, 0) is 36.4 Å². The van der Waals surface area contributed by atoms with Gasteiger partial charge in [0, 0.05) is 12.7 Å². The molecule has 2 heterocycles. The molecule has 1 aliphatic heterocycles. The number of ether oxygens (including phenoxy) is 2. The molecule has 1 fully saturated rings. The van der Waals surface area contributed by atoms with Crippen LogP contribution in [0.5, 0.6) is 5.75 Å². The van der Waals surface area contributed by atoms with Crippen LogP contribution in [-0.4, -0.2) is 49.2 Å². The van der Waals surface area contributed by atoms with Crippen LogP contribution in [-0.2, 0) is 21.4 Å². The van der Waals surface area contributed by atoms with E-state index >= 15 is 0 Å². The maximum absolute atomic E-state index is 12.5. The van der Waals surface area contributed by atoms with E-state index in [1.54, 1.807) is 49.6 Å². The van der Waals surface area contributed by atoms with E-state index in [-0.39, 0.29) is 12.7 Å². The van der Waals surface area contributed by atoms with Crippen LogP contribution in [0.1, 0.15) is 5.89 Å². The van der Waals surface area contributed by atoms with Crippen molar-refractivity contribution in [1.29, 1.82) is 0 Å². The van der Waals surface area contributed by atoms with Gasteiger partial charge in [0.05, 0.1) is 18.0 Å². The lowest BCUT2D eigenvalue weighted by Gasteiger charge is -2.37. The Hall–Kier alpha value is -2.75. The van der Waals surface area contributed by atoms with Gasteiger partial charge in [0.2, 0.25) is 15.8 Å². The minimum atomic E-state index is -3.46. The van der Waals surface area contributed by atoms with Crippen molar-refractivity contribution in [1.82, 2.24) is 14.4 Å². The minimum absolute atomic E-state index is 0.178. The fourth-order valence-electron chi connectivity index (χ4n) is 2.84. The Balaban J connectivity index is 1.35. The molecule has 9 heteroatoms. The molecule has 0 aliphatic carbocycles. The number of hydrogen-bond acceptors (Lipinski definition) is 7. The van der Waals surface area contributed by atoms with Crippen molar-refractivity contribution in [3.63, 3.8) is 0 Å². The van der Waals surface area contributed by atoms with Crippen molar-refractivity contribution < 1.29 is 22.4 Å². The maximum Gasteiger partial charge on any atom is 0.252 e. The van der Waals surface area contributed by atoms with Gasteiger partial charge in [-0.2, -0.15) is 9.29 Å². The first kappa shape index (κ1) is 18.6. The van der Waals surface area contributed by atoms with E-state index in [1.807, 2.05) is 12.1 Å². The van der Waals surface area contributed by atoms with Crippen molar-refractivity contribution in [2.75, 3.05) is 20.2 Å². The summed E-state index contributed by atoms with van der Waals surface area (Å²) in [6, 6.07) is 15.7. The molecular weight excluding hydrogens is 382 g/mol. The smallest absolute Gasteiger partial charge is 0.252 e. The van der Waals surface area contributed by atoms with E-state index < -0.39 is 10.0 Å². The number of benzene rings is 2. The van der Waals surface area contributed by atoms with E-state index in [1.165, 1.54) is 4.31 Å². The second-order valence-electron chi connectivity index (χ2n) is 6.34. The molecule has 0 unspecified atom stereocenters. The van der Waals surface area contributed by atoms with Gasteiger partial charge in [-0.3, -0.25) is 0 Å². The number of rotatable bonds is 7. The fraction of sp³-hybridized carbons (Fsp3) is 0.263. The van der Waals surface area contributed by atoms with Crippen molar-refractivity contribution in [2.45, 2.75) is 17.6 Å². The standard InChI is InChI=1S/C19H19N3O5S/c1-25-13-18-20-19(21-27-18)14-7-9-15(10-8-14)26-16-11-22(12-16)28(23,24)17-5-3-2-4-6-17/h2-10,16H,11-13H2,1H3. The lowest BCUT2D eigenvalue weighted by molar-refractivity contribution is 0.0762. The van der Waals surface area contributed by atoms with Gasteiger partial charge >= 0.3 is 0 Å². The Kier molecular flexibility index (Phi) is 5.12. The van der Waals surface area contributed by atoms with E-state index in [0.717, 1.165) is 5.56 Å². The highest BCUT2D eigenvalue weighted by Crippen LogP contribution is 2.26. The predicted molar refractivity (Wildman–Crippen MR) is 100 cm³/mol. The molecule has 1 aromatic heterocycles. The summed E-state index contributed by atoms with van der Waals surface area (Å²) in [5, 5.41) is 3.91. The Labute approximate surface area is 162 Å². The summed E-state index contributed by atoms with van der Waals surface area (Å²) in [7, 11) is -1.90. The molecule has 0 spiro atoms. The molecular formula is C19H19N3O5S. The second kappa shape index (κ2) is 7.70. The van der Waals surface area contributed by atoms with Crippen molar-refractivity contribution in [3.05, 3.63) is 60.5 Å². The highest BCUT2D eigenvalue weighted by Gasteiger charge is 2.38. The van der Waals surface area contributed by atoms with Crippen LogP contribution in [0, 0.1) is 0 Å². The van der Waals surface area contributed by atoms with Crippen LogP contribution in [0.15, 0.2) is 64.0 Å². The first-order chi connectivity index (χ1) is 13.6. The summed E-state index contributed by atoms with van der Waals surface area (Å²) in [5.41, 5.74) is 0.792. The van der Waals surface area contributed by atoms with Gasteiger partial charge in [0.1, 0.15) is 18.5 Å². The van der Waals surface area contributed by atoms with E-state index in [9.17, 15) is 8.42 Å².